The first-order valence-corrected chi connectivity index (χ1v) is 4.65. The minimum atomic E-state index is -0.776. The molecule has 0 aliphatic rings. The molecule has 0 aromatic heterocycles. The van der Waals surface area contributed by atoms with E-state index >= 15 is 0 Å². The van der Waals surface area contributed by atoms with Gasteiger partial charge in [-0.05, 0) is 46.7 Å². The molecular weight excluding hydrogens is 267 g/mol. The largest absolute Gasteiger partial charge is 0.481 e. The van der Waals surface area contributed by atoms with Gasteiger partial charge in [0.05, 0.1) is 6.42 Å². The van der Waals surface area contributed by atoms with E-state index in [4.69, 9.17) is 5.11 Å². The van der Waals surface area contributed by atoms with Gasteiger partial charge in [-0.25, -0.2) is 0 Å². The third-order valence-electron chi connectivity index (χ3n) is 1.68. The van der Waals surface area contributed by atoms with Crippen molar-refractivity contribution >= 4 is 28.6 Å². The van der Waals surface area contributed by atoms with E-state index in [1.165, 1.54) is 0 Å². The molecule has 0 atom stereocenters. The van der Waals surface area contributed by atoms with E-state index in [-0.39, 0.29) is 6.42 Å². The second-order valence-electron chi connectivity index (χ2n) is 2.61. The summed E-state index contributed by atoms with van der Waals surface area (Å²) in [6.45, 7) is 1.93. The SMILES string of the molecule is Cc1cccc(I)c1CC(=O)O. The van der Waals surface area contributed by atoms with Gasteiger partial charge < -0.3 is 5.11 Å². The van der Waals surface area contributed by atoms with Gasteiger partial charge in [0.15, 0.2) is 0 Å². The van der Waals surface area contributed by atoms with Gasteiger partial charge in [-0.3, -0.25) is 4.79 Å². The van der Waals surface area contributed by atoms with E-state index < -0.39 is 5.97 Å². The number of carboxylic acid groups (broad SMARTS) is 1. The molecule has 0 unspecified atom stereocenters. The second-order valence-corrected chi connectivity index (χ2v) is 3.77. The summed E-state index contributed by atoms with van der Waals surface area (Å²) in [5.41, 5.74) is 1.97. The normalized spacial score (nSPS) is 9.83. The Morgan fingerprint density at radius 1 is 1.58 bits per heavy atom. The number of halogens is 1. The van der Waals surface area contributed by atoms with Gasteiger partial charge >= 0.3 is 5.97 Å². The molecule has 12 heavy (non-hydrogen) atoms. The van der Waals surface area contributed by atoms with Gasteiger partial charge in [0.25, 0.3) is 0 Å². The predicted octanol–water partition coefficient (Wildman–Crippen LogP) is 2.23. The van der Waals surface area contributed by atoms with Crippen LogP contribution in [0.25, 0.3) is 0 Å². The van der Waals surface area contributed by atoms with Crippen LogP contribution in [0.4, 0.5) is 0 Å². The van der Waals surface area contributed by atoms with Gasteiger partial charge in [0.2, 0.25) is 0 Å². The number of aliphatic carboxylic acids is 1. The fourth-order valence-electron chi connectivity index (χ4n) is 1.04. The van der Waals surface area contributed by atoms with Gasteiger partial charge in [-0.1, -0.05) is 12.1 Å². The topological polar surface area (TPSA) is 37.3 Å². The Morgan fingerprint density at radius 3 is 2.75 bits per heavy atom. The van der Waals surface area contributed by atoms with Crippen molar-refractivity contribution in [2.45, 2.75) is 13.3 Å². The van der Waals surface area contributed by atoms with Crippen LogP contribution < -0.4 is 0 Å². The van der Waals surface area contributed by atoms with Crippen molar-refractivity contribution < 1.29 is 9.90 Å². The molecule has 0 heterocycles. The van der Waals surface area contributed by atoms with E-state index in [2.05, 4.69) is 22.6 Å². The lowest BCUT2D eigenvalue weighted by Gasteiger charge is -2.04. The number of hydrogen-bond donors (Lipinski definition) is 1. The van der Waals surface area contributed by atoms with Gasteiger partial charge in [0, 0.05) is 3.57 Å². The highest BCUT2D eigenvalue weighted by Gasteiger charge is 2.06. The summed E-state index contributed by atoms with van der Waals surface area (Å²) in [5.74, 6) is -0.776. The van der Waals surface area contributed by atoms with Crippen molar-refractivity contribution in [2.24, 2.45) is 0 Å². The van der Waals surface area contributed by atoms with Crippen molar-refractivity contribution in [3.63, 3.8) is 0 Å². The summed E-state index contributed by atoms with van der Waals surface area (Å²) < 4.78 is 1.02. The van der Waals surface area contributed by atoms with Crippen molar-refractivity contribution in [2.75, 3.05) is 0 Å². The maximum absolute atomic E-state index is 10.5. The zero-order valence-electron chi connectivity index (χ0n) is 6.67. The molecule has 1 N–H and O–H groups in total. The predicted molar refractivity (Wildman–Crippen MR) is 55.2 cm³/mol. The molecule has 0 radical (unpaired) electrons. The van der Waals surface area contributed by atoms with Crippen molar-refractivity contribution in [3.05, 3.63) is 32.9 Å². The van der Waals surface area contributed by atoms with E-state index in [0.29, 0.717) is 0 Å². The summed E-state index contributed by atoms with van der Waals surface area (Å²) in [4.78, 5) is 10.5. The van der Waals surface area contributed by atoms with Crippen LogP contribution in [0.2, 0.25) is 0 Å². The first-order valence-electron chi connectivity index (χ1n) is 3.57. The highest BCUT2D eigenvalue weighted by molar-refractivity contribution is 14.1. The molecule has 0 fully saturated rings. The third-order valence-corrected chi connectivity index (χ3v) is 2.69. The fraction of sp³-hybridized carbons (Fsp3) is 0.222. The number of aryl methyl sites for hydroxylation is 1. The van der Waals surface area contributed by atoms with Crippen molar-refractivity contribution in [1.82, 2.24) is 0 Å². The summed E-state index contributed by atoms with van der Waals surface area (Å²) >= 11 is 2.16. The molecule has 3 heteroatoms. The van der Waals surface area contributed by atoms with Crippen molar-refractivity contribution in [1.29, 1.82) is 0 Å². The molecule has 64 valence electrons. The lowest BCUT2D eigenvalue weighted by atomic mass is 10.1. The molecule has 0 saturated heterocycles. The Balaban J connectivity index is 3.04. The molecule has 1 rings (SSSR count). The standard InChI is InChI=1S/C9H9IO2/c1-6-3-2-4-8(10)7(6)5-9(11)12/h2-4H,5H2,1H3,(H,11,12). The molecule has 0 bridgehead atoms. The first-order chi connectivity index (χ1) is 5.61. The maximum Gasteiger partial charge on any atom is 0.307 e. The smallest absolute Gasteiger partial charge is 0.307 e. The summed E-state index contributed by atoms with van der Waals surface area (Å²) in [7, 11) is 0. The van der Waals surface area contributed by atoms with E-state index in [1.54, 1.807) is 0 Å². The number of carbonyl (C=O) groups is 1. The first kappa shape index (κ1) is 9.51. The molecule has 1 aromatic rings. The molecule has 2 nitrogen and oxygen atoms in total. The van der Waals surface area contributed by atoms with Gasteiger partial charge in [0.1, 0.15) is 0 Å². The second kappa shape index (κ2) is 3.89. The summed E-state index contributed by atoms with van der Waals surface area (Å²) in [6, 6.07) is 5.79. The molecule has 0 aliphatic heterocycles. The monoisotopic (exact) mass is 276 g/mol. The average Bonchev–Trinajstić information content (AvgIpc) is 1.97. The number of benzene rings is 1. The van der Waals surface area contributed by atoms with Gasteiger partial charge in [-0.2, -0.15) is 0 Å². The summed E-state index contributed by atoms with van der Waals surface area (Å²) in [5, 5.41) is 8.61. The lowest BCUT2D eigenvalue weighted by molar-refractivity contribution is -0.136. The Morgan fingerprint density at radius 2 is 2.25 bits per heavy atom. The van der Waals surface area contributed by atoms with Crippen LogP contribution in [0.5, 0.6) is 0 Å². The maximum atomic E-state index is 10.5. The number of hydrogen-bond acceptors (Lipinski definition) is 1. The minimum absolute atomic E-state index is 0.116. The molecule has 1 aromatic carbocycles. The van der Waals surface area contributed by atoms with Gasteiger partial charge in [-0.15, -0.1) is 0 Å². The molecule has 0 spiro atoms. The van der Waals surface area contributed by atoms with Crippen LogP contribution in [0.1, 0.15) is 11.1 Å². The number of carboxylic acids is 1. The van der Waals surface area contributed by atoms with Crippen LogP contribution in [0.15, 0.2) is 18.2 Å². The molecule has 0 aliphatic carbocycles. The van der Waals surface area contributed by atoms with E-state index in [0.717, 1.165) is 14.7 Å². The van der Waals surface area contributed by atoms with E-state index in [9.17, 15) is 4.79 Å². The van der Waals surface area contributed by atoms with Crippen LogP contribution in [-0.4, -0.2) is 11.1 Å². The Kier molecular flexibility index (Phi) is 3.08. The van der Waals surface area contributed by atoms with E-state index in [1.807, 2.05) is 25.1 Å². The van der Waals surface area contributed by atoms with Crippen LogP contribution >= 0.6 is 22.6 Å². The zero-order valence-corrected chi connectivity index (χ0v) is 8.83. The number of rotatable bonds is 2. The quantitative estimate of drug-likeness (QED) is 0.841. The Hall–Kier alpha value is -0.580. The Bertz CT molecular complexity index is 287. The molecular formula is C9H9IO2. The minimum Gasteiger partial charge on any atom is -0.481 e. The molecule has 0 amide bonds. The zero-order chi connectivity index (χ0) is 9.14. The lowest BCUT2D eigenvalue weighted by Crippen LogP contribution is -2.03. The highest BCUT2D eigenvalue weighted by Crippen LogP contribution is 2.16. The van der Waals surface area contributed by atoms with Crippen LogP contribution in [-0.2, 0) is 11.2 Å². The van der Waals surface area contributed by atoms with Crippen molar-refractivity contribution in [3.8, 4) is 0 Å². The van der Waals surface area contributed by atoms with Crippen LogP contribution in [0.3, 0.4) is 0 Å². The van der Waals surface area contributed by atoms with Crippen LogP contribution in [0, 0.1) is 10.5 Å². The highest BCUT2D eigenvalue weighted by atomic mass is 127. The third kappa shape index (κ3) is 2.20. The Labute approximate surface area is 84.7 Å². The summed E-state index contributed by atoms with van der Waals surface area (Å²) in [6.07, 6.45) is 0.116. The molecule has 0 saturated carbocycles. The average molecular weight is 276 g/mol. The fourth-order valence-corrected chi connectivity index (χ4v) is 1.87.